The van der Waals surface area contributed by atoms with Gasteiger partial charge >= 0.3 is 12.0 Å². The Bertz CT molecular complexity index is 1120. The van der Waals surface area contributed by atoms with Gasteiger partial charge in [0.1, 0.15) is 0 Å². The molecule has 6 heteroatoms. The van der Waals surface area contributed by atoms with E-state index in [-0.39, 0.29) is 11.9 Å². The molecule has 2 aliphatic heterocycles. The minimum Gasteiger partial charge on any atom is -0.481 e. The van der Waals surface area contributed by atoms with Crippen molar-refractivity contribution in [2.45, 2.75) is 6.54 Å². The van der Waals surface area contributed by atoms with Gasteiger partial charge in [-0.25, -0.2) is 4.79 Å². The zero-order valence-electron chi connectivity index (χ0n) is 17.7. The number of urea groups is 1. The van der Waals surface area contributed by atoms with E-state index in [9.17, 15) is 9.59 Å². The van der Waals surface area contributed by atoms with Gasteiger partial charge in [0.2, 0.25) is 0 Å². The van der Waals surface area contributed by atoms with E-state index in [0.717, 1.165) is 34.6 Å². The van der Waals surface area contributed by atoms with Crippen molar-refractivity contribution in [2.24, 2.45) is 5.92 Å². The summed E-state index contributed by atoms with van der Waals surface area (Å²) in [7, 11) is 0. The molecule has 0 bridgehead atoms. The Morgan fingerprint density at radius 3 is 2.16 bits per heavy atom. The molecular weight excluding hydrogens is 402 g/mol. The minimum atomic E-state index is -0.719. The normalized spacial score (nSPS) is 16.9. The number of likely N-dealkylation sites (tertiary alicyclic amines) is 1. The molecule has 2 aliphatic rings. The molecule has 0 aliphatic carbocycles. The number of hydrogen-bond acceptors (Lipinski definition) is 3. The first kappa shape index (κ1) is 20.3. The number of rotatable bonds is 6. The van der Waals surface area contributed by atoms with Crippen LogP contribution in [0.2, 0.25) is 0 Å². The molecule has 162 valence electrons. The molecule has 2 fully saturated rings. The van der Waals surface area contributed by atoms with Crippen molar-refractivity contribution in [3.05, 3.63) is 84.4 Å². The molecule has 2 heterocycles. The largest absolute Gasteiger partial charge is 0.481 e. The lowest BCUT2D eigenvalue weighted by Crippen LogP contribution is -2.49. The zero-order valence-corrected chi connectivity index (χ0v) is 17.7. The number of aliphatic carboxylic acids is 1. The van der Waals surface area contributed by atoms with Crippen molar-refractivity contribution in [3.8, 4) is 11.1 Å². The Morgan fingerprint density at radius 1 is 0.812 bits per heavy atom. The summed E-state index contributed by atoms with van der Waals surface area (Å²) >= 11 is 0. The van der Waals surface area contributed by atoms with E-state index in [2.05, 4.69) is 29.2 Å². The first-order valence-corrected chi connectivity index (χ1v) is 10.9. The molecule has 6 nitrogen and oxygen atoms in total. The molecule has 2 saturated heterocycles. The SMILES string of the molecule is O=C(O)C1CN(Cc2ccc(N3CCN(c4cccc(-c5ccccc5)c4)C3=O)cc2)C1. The minimum absolute atomic E-state index is 0.0185. The van der Waals surface area contributed by atoms with Crippen LogP contribution in [-0.2, 0) is 11.3 Å². The van der Waals surface area contributed by atoms with Crippen molar-refractivity contribution in [2.75, 3.05) is 36.0 Å². The quantitative estimate of drug-likeness (QED) is 0.637. The third kappa shape index (κ3) is 3.97. The second-order valence-electron chi connectivity index (χ2n) is 8.40. The van der Waals surface area contributed by atoms with Gasteiger partial charge in [0.25, 0.3) is 0 Å². The van der Waals surface area contributed by atoms with Gasteiger partial charge in [0.05, 0.1) is 5.92 Å². The average molecular weight is 428 g/mol. The predicted molar refractivity (Wildman–Crippen MR) is 125 cm³/mol. The summed E-state index contributed by atoms with van der Waals surface area (Å²) < 4.78 is 0. The third-order valence-corrected chi connectivity index (χ3v) is 6.23. The first-order chi connectivity index (χ1) is 15.6. The molecule has 5 rings (SSSR count). The summed E-state index contributed by atoms with van der Waals surface area (Å²) in [5, 5.41) is 9.01. The molecule has 0 atom stereocenters. The highest BCUT2D eigenvalue weighted by atomic mass is 16.4. The van der Waals surface area contributed by atoms with E-state index >= 15 is 0 Å². The van der Waals surface area contributed by atoms with Crippen LogP contribution in [0.1, 0.15) is 5.56 Å². The molecule has 0 unspecified atom stereocenters. The lowest BCUT2D eigenvalue weighted by molar-refractivity contribution is -0.147. The van der Waals surface area contributed by atoms with Crippen molar-refractivity contribution in [1.82, 2.24) is 4.90 Å². The topological polar surface area (TPSA) is 64.1 Å². The Balaban J connectivity index is 1.25. The van der Waals surface area contributed by atoms with Crippen LogP contribution in [0.25, 0.3) is 11.1 Å². The predicted octanol–water partition coefficient (Wildman–Crippen LogP) is 4.32. The third-order valence-electron chi connectivity index (χ3n) is 6.23. The van der Waals surface area contributed by atoms with Gasteiger partial charge in [-0.1, -0.05) is 54.6 Å². The van der Waals surface area contributed by atoms with E-state index in [1.807, 2.05) is 64.4 Å². The van der Waals surface area contributed by atoms with Crippen LogP contribution in [0.5, 0.6) is 0 Å². The van der Waals surface area contributed by atoms with Gasteiger partial charge in [0.15, 0.2) is 0 Å². The van der Waals surface area contributed by atoms with Crippen LogP contribution < -0.4 is 9.80 Å². The van der Waals surface area contributed by atoms with Gasteiger partial charge in [-0.2, -0.15) is 0 Å². The van der Waals surface area contributed by atoms with Crippen molar-refractivity contribution in [3.63, 3.8) is 0 Å². The zero-order chi connectivity index (χ0) is 22.1. The van der Waals surface area contributed by atoms with Crippen LogP contribution in [0.3, 0.4) is 0 Å². The second-order valence-corrected chi connectivity index (χ2v) is 8.40. The number of amides is 2. The van der Waals surface area contributed by atoms with Gasteiger partial charge in [-0.05, 0) is 41.0 Å². The molecule has 3 aromatic rings. The lowest BCUT2D eigenvalue weighted by atomic mass is 9.99. The molecule has 3 aromatic carbocycles. The van der Waals surface area contributed by atoms with Crippen LogP contribution in [0.4, 0.5) is 16.2 Å². The van der Waals surface area contributed by atoms with Crippen molar-refractivity contribution in [1.29, 1.82) is 0 Å². The Kier molecular flexibility index (Phi) is 5.37. The Morgan fingerprint density at radius 2 is 1.47 bits per heavy atom. The van der Waals surface area contributed by atoms with E-state index in [0.29, 0.717) is 26.2 Å². The van der Waals surface area contributed by atoms with E-state index in [1.165, 1.54) is 0 Å². The van der Waals surface area contributed by atoms with Gasteiger partial charge in [-0.3, -0.25) is 19.5 Å². The van der Waals surface area contributed by atoms with Crippen LogP contribution in [-0.4, -0.2) is 48.2 Å². The number of anilines is 2. The van der Waals surface area contributed by atoms with Gasteiger partial charge in [0, 0.05) is 44.1 Å². The fraction of sp³-hybridized carbons (Fsp3) is 0.231. The van der Waals surface area contributed by atoms with Crippen LogP contribution in [0, 0.1) is 5.92 Å². The fourth-order valence-corrected chi connectivity index (χ4v) is 4.39. The molecule has 1 N–H and O–H groups in total. The summed E-state index contributed by atoms with van der Waals surface area (Å²) in [6, 6.07) is 26.3. The van der Waals surface area contributed by atoms with Crippen LogP contribution >= 0.6 is 0 Å². The van der Waals surface area contributed by atoms with Gasteiger partial charge < -0.3 is 5.11 Å². The molecule has 32 heavy (non-hydrogen) atoms. The maximum atomic E-state index is 13.2. The summed E-state index contributed by atoms with van der Waals surface area (Å²) in [4.78, 5) is 29.9. The highest BCUT2D eigenvalue weighted by molar-refractivity contribution is 6.06. The van der Waals surface area contributed by atoms with Crippen LogP contribution in [0.15, 0.2) is 78.9 Å². The Hall–Kier alpha value is -3.64. The monoisotopic (exact) mass is 427 g/mol. The molecule has 0 aromatic heterocycles. The van der Waals surface area contributed by atoms with E-state index in [1.54, 1.807) is 0 Å². The maximum Gasteiger partial charge on any atom is 0.329 e. The number of carboxylic acid groups (broad SMARTS) is 1. The Labute approximate surface area is 187 Å². The number of hydrogen-bond donors (Lipinski definition) is 1. The summed E-state index contributed by atoms with van der Waals surface area (Å²) in [6.45, 7) is 3.21. The number of carbonyl (C=O) groups excluding carboxylic acids is 1. The maximum absolute atomic E-state index is 13.2. The van der Waals surface area contributed by atoms with Crippen molar-refractivity contribution >= 4 is 23.4 Å². The number of carboxylic acids is 1. The fourth-order valence-electron chi connectivity index (χ4n) is 4.39. The standard InChI is InChI=1S/C26H25N3O3/c30-25(31)22-17-27(18-22)16-19-9-11-23(12-10-19)28-13-14-29(26(28)32)24-8-4-7-21(15-24)20-5-2-1-3-6-20/h1-12,15,22H,13-14,16-18H2,(H,30,31). The second kappa shape index (κ2) is 8.48. The van der Waals surface area contributed by atoms with Crippen molar-refractivity contribution < 1.29 is 14.7 Å². The summed E-state index contributed by atoms with van der Waals surface area (Å²) in [5.74, 6) is -0.967. The summed E-state index contributed by atoms with van der Waals surface area (Å²) in [6.07, 6.45) is 0. The van der Waals surface area contributed by atoms with Gasteiger partial charge in [-0.15, -0.1) is 0 Å². The number of benzene rings is 3. The molecular formula is C26H25N3O3. The lowest BCUT2D eigenvalue weighted by Gasteiger charge is -2.36. The smallest absolute Gasteiger partial charge is 0.329 e. The molecule has 0 radical (unpaired) electrons. The molecule has 0 spiro atoms. The summed E-state index contributed by atoms with van der Waals surface area (Å²) in [5.41, 5.74) is 5.13. The molecule has 0 saturated carbocycles. The number of carbonyl (C=O) groups is 2. The first-order valence-electron chi connectivity index (χ1n) is 10.9. The van der Waals surface area contributed by atoms with E-state index in [4.69, 9.17) is 5.11 Å². The molecule has 2 amide bonds. The highest BCUT2D eigenvalue weighted by Crippen LogP contribution is 2.29. The van der Waals surface area contributed by atoms with E-state index < -0.39 is 5.97 Å². The number of nitrogens with zero attached hydrogens (tertiary/aromatic N) is 3. The highest BCUT2D eigenvalue weighted by Gasteiger charge is 2.33. The average Bonchev–Trinajstić information content (AvgIpc) is 3.18.